The van der Waals surface area contributed by atoms with Gasteiger partial charge in [-0.15, -0.1) is 11.3 Å². The van der Waals surface area contributed by atoms with Crippen molar-refractivity contribution in [3.63, 3.8) is 0 Å². The smallest absolute Gasteiger partial charge is 0.341 e. The van der Waals surface area contributed by atoms with Gasteiger partial charge < -0.3 is 24.3 Å². The molecule has 0 aliphatic heterocycles. The lowest BCUT2D eigenvalue weighted by molar-refractivity contribution is 0.0603. The molecule has 7 nitrogen and oxygen atoms in total. The zero-order valence-corrected chi connectivity index (χ0v) is 19.8. The Balaban J connectivity index is 2.07. The molecule has 0 spiro atoms. The number of nitrogens with one attached hydrogen (secondary N) is 1. The number of hydrogen-bond acceptors (Lipinski definition) is 7. The summed E-state index contributed by atoms with van der Waals surface area (Å²) < 4.78 is 20.9. The molecule has 0 radical (unpaired) electrons. The molecule has 1 N–H and O–H groups in total. The molecule has 3 aromatic rings. The maximum absolute atomic E-state index is 13.1. The Hall–Kier alpha value is -3.23. The average Bonchev–Trinajstić information content (AvgIpc) is 3.12. The van der Waals surface area contributed by atoms with Crippen LogP contribution in [0.1, 0.15) is 25.6 Å². The first-order chi connectivity index (χ1) is 15.3. The predicted octanol–water partition coefficient (Wildman–Crippen LogP) is 5.44. The Labute approximate surface area is 194 Å². The van der Waals surface area contributed by atoms with Gasteiger partial charge in [0.25, 0.3) is 5.91 Å². The second-order valence-electron chi connectivity index (χ2n) is 6.61. The Morgan fingerprint density at radius 1 is 0.969 bits per heavy atom. The van der Waals surface area contributed by atoms with Crippen LogP contribution in [-0.2, 0) is 4.74 Å². The van der Waals surface area contributed by atoms with Gasteiger partial charge in [0.2, 0.25) is 5.75 Å². The number of hydrogen-bond donors (Lipinski definition) is 1. The maximum atomic E-state index is 13.1. The molecule has 32 heavy (non-hydrogen) atoms. The number of aryl methyl sites for hydroxylation is 1. The summed E-state index contributed by atoms with van der Waals surface area (Å²) in [4.78, 5) is 26.6. The van der Waals surface area contributed by atoms with Crippen molar-refractivity contribution in [2.75, 3.05) is 33.8 Å². The molecular formula is C23H22ClNO6S. The van der Waals surface area contributed by atoms with Crippen molar-refractivity contribution in [2.24, 2.45) is 0 Å². The molecule has 1 aromatic heterocycles. The predicted molar refractivity (Wildman–Crippen MR) is 125 cm³/mol. The fourth-order valence-electron chi connectivity index (χ4n) is 3.31. The molecule has 0 saturated heterocycles. The lowest BCUT2D eigenvalue weighted by Gasteiger charge is -2.14. The van der Waals surface area contributed by atoms with E-state index in [0.29, 0.717) is 32.8 Å². The summed E-state index contributed by atoms with van der Waals surface area (Å²) in [6, 6.07) is 10.2. The summed E-state index contributed by atoms with van der Waals surface area (Å²) in [5, 5.41) is 3.72. The molecule has 0 atom stereocenters. The first-order valence-corrected chi connectivity index (χ1v) is 10.6. The van der Waals surface area contributed by atoms with E-state index in [2.05, 4.69) is 5.32 Å². The zero-order valence-electron chi connectivity index (χ0n) is 18.2. The maximum Gasteiger partial charge on any atom is 0.341 e. The van der Waals surface area contributed by atoms with Crippen LogP contribution in [0.3, 0.4) is 0 Å². The van der Waals surface area contributed by atoms with Gasteiger partial charge >= 0.3 is 5.97 Å². The van der Waals surface area contributed by atoms with E-state index in [9.17, 15) is 9.59 Å². The van der Waals surface area contributed by atoms with Gasteiger partial charge in [0.1, 0.15) is 10.6 Å². The minimum absolute atomic E-state index is 0.262. The third-order valence-corrected chi connectivity index (χ3v) is 6.00. The summed E-state index contributed by atoms with van der Waals surface area (Å²) in [5.74, 6) is 0.0363. The molecule has 0 aliphatic carbocycles. The van der Waals surface area contributed by atoms with Gasteiger partial charge in [0.15, 0.2) is 11.5 Å². The number of methoxy groups -OCH3 is 4. The van der Waals surface area contributed by atoms with Crippen LogP contribution in [0, 0.1) is 6.92 Å². The van der Waals surface area contributed by atoms with Crippen molar-refractivity contribution in [3.8, 4) is 28.4 Å². The fraction of sp³-hybridized carbons (Fsp3) is 0.217. The van der Waals surface area contributed by atoms with E-state index < -0.39 is 11.9 Å². The zero-order chi connectivity index (χ0) is 23.4. The van der Waals surface area contributed by atoms with E-state index in [1.807, 2.05) is 13.0 Å². The van der Waals surface area contributed by atoms with Crippen LogP contribution < -0.4 is 19.5 Å². The molecular weight excluding hydrogens is 454 g/mol. The van der Waals surface area contributed by atoms with Crippen LogP contribution in [-0.4, -0.2) is 40.3 Å². The van der Waals surface area contributed by atoms with E-state index in [-0.39, 0.29) is 11.1 Å². The van der Waals surface area contributed by atoms with Gasteiger partial charge in [-0.1, -0.05) is 23.7 Å². The summed E-state index contributed by atoms with van der Waals surface area (Å²) >= 11 is 7.42. The van der Waals surface area contributed by atoms with Crippen LogP contribution >= 0.6 is 22.9 Å². The van der Waals surface area contributed by atoms with Crippen LogP contribution in [0.2, 0.25) is 5.02 Å². The molecule has 9 heteroatoms. The fourth-order valence-corrected chi connectivity index (χ4v) is 4.56. The van der Waals surface area contributed by atoms with E-state index in [1.54, 1.807) is 18.2 Å². The SMILES string of the molecule is COC(=O)c1c(NC(=O)c2cc(OC)c(OC)c(OC)c2)sc(C)c1-c1cccc(Cl)c1. The summed E-state index contributed by atoms with van der Waals surface area (Å²) in [5.41, 5.74) is 1.94. The number of carbonyl (C=O) groups is 2. The number of benzene rings is 2. The number of anilines is 1. The van der Waals surface area contributed by atoms with Crippen LogP contribution in [0.5, 0.6) is 17.2 Å². The third-order valence-electron chi connectivity index (χ3n) is 4.74. The number of carbonyl (C=O) groups excluding carboxylic acids is 2. The van der Waals surface area contributed by atoms with Gasteiger partial charge in [-0.05, 0) is 36.8 Å². The Kier molecular flexibility index (Phi) is 7.27. The highest BCUT2D eigenvalue weighted by Gasteiger charge is 2.26. The number of rotatable bonds is 7. The third kappa shape index (κ3) is 4.51. The Morgan fingerprint density at radius 2 is 1.62 bits per heavy atom. The summed E-state index contributed by atoms with van der Waals surface area (Å²) in [7, 11) is 5.71. The summed E-state index contributed by atoms with van der Waals surface area (Å²) in [6.07, 6.45) is 0. The molecule has 0 saturated carbocycles. The quantitative estimate of drug-likeness (QED) is 0.458. The van der Waals surface area contributed by atoms with Crippen LogP contribution in [0.25, 0.3) is 11.1 Å². The summed E-state index contributed by atoms with van der Waals surface area (Å²) in [6.45, 7) is 1.86. The van der Waals surface area contributed by atoms with Crippen molar-refractivity contribution in [3.05, 3.63) is 57.4 Å². The van der Waals surface area contributed by atoms with Gasteiger partial charge in [-0.3, -0.25) is 4.79 Å². The molecule has 3 rings (SSSR count). The second kappa shape index (κ2) is 9.93. The van der Waals surface area contributed by atoms with E-state index in [1.165, 1.54) is 51.9 Å². The Bertz CT molecular complexity index is 1150. The lowest BCUT2D eigenvalue weighted by Crippen LogP contribution is -2.14. The molecule has 0 fully saturated rings. The number of halogens is 1. The van der Waals surface area contributed by atoms with Gasteiger partial charge in [-0.25, -0.2) is 4.79 Å². The van der Waals surface area contributed by atoms with Crippen molar-refractivity contribution < 1.29 is 28.5 Å². The molecule has 0 unspecified atom stereocenters. The van der Waals surface area contributed by atoms with Gasteiger partial charge in [0.05, 0.1) is 28.4 Å². The van der Waals surface area contributed by atoms with Gasteiger partial charge in [-0.2, -0.15) is 0 Å². The number of amides is 1. The molecule has 168 valence electrons. The van der Waals surface area contributed by atoms with Crippen LogP contribution in [0.15, 0.2) is 36.4 Å². The molecule has 0 bridgehead atoms. The highest BCUT2D eigenvalue weighted by atomic mass is 35.5. The van der Waals surface area contributed by atoms with Crippen molar-refractivity contribution >= 4 is 39.8 Å². The molecule has 1 heterocycles. The number of ether oxygens (including phenoxy) is 4. The van der Waals surface area contributed by atoms with E-state index in [0.717, 1.165) is 10.4 Å². The van der Waals surface area contributed by atoms with Crippen LogP contribution in [0.4, 0.5) is 5.00 Å². The normalized spacial score (nSPS) is 10.4. The standard InChI is InChI=1S/C23H22ClNO6S/c1-12-18(13-7-6-8-15(24)9-13)19(23(27)31-5)22(32-12)25-21(26)14-10-16(28-2)20(30-4)17(11-14)29-3/h6-11H,1-5H3,(H,25,26). The highest BCUT2D eigenvalue weighted by Crippen LogP contribution is 2.42. The van der Waals surface area contributed by atoms with Crippen molar-refractivity contribution in [2.45, 2.75) is 6.92 Å². The molecule has 0 aliphatic rings. The average molecular weight is 476 g/mol. The topological polar surface area (TPSA) is 83.1 Å². The minimum Gasteiger partial charge on any atom is -0.493 e. The second-order valence-corrected chi connectivity index (χ2v) is 8.27. The van der Waals surface area contributed by atoms with E-state index >= 15 is 0 Å². The lowest BCUT2D eigenvalue weighted by atomic mass is 10.0. The minimum atomic E-state index is -0.565. The number of esters is 1. The van der Waals surface area contributed by atoms with Gasteiger partial charge in [0, 0.05) is 21.0 Å². The first kappa shape index (κ1) is 23.4. The first-order valence-electron chi connectivity index (χ1n) is 9.43. The molecule has 1 amide bonds. The number of thiophene rings is 1. The monoisotopic (exact) mass is 475 g/mol. The Morgan fingerprint density at radius 3 is 2.16 bits per heavy atom. The van der Waals surface area contributed by atoms with E-state index in [4.69, 9.17) is 30.5 Å². The molecule has 2 aromatic carbocycles. The van der Waals surface area contributed by atoms with Crippen molar-refractivity contribution in [1.82, 2.24) is 0 Å². The highest BCUT2D eigenvalue weighted by molar-refractivity contribution is 7.17. The van der Waals surface area contributed by atoms with Crippen molar-refractivity contribution in [1.29, 1.82) is 0 Å². The largest absolute Gasteiger partial charge is 0.493 e.